The van der Waals surface area contributed by atoms with Crippen LogP contribution in [0.2, 0.25) is 5.15 Å². The summed E-state index contributed by atoms with van der Waals surface area (Å²) in [7, 11) is -3.08. The number of rotatable bonds is 11. The summed E-state index contributed by atoms with van der Waals surface area (Å²) < 4.78 is 22.4. The van der Waals surface area contributed by atoms with Crippen LogP contribution in [0.15, 0.2) is 48.7 Å². The molecule has 1 aromatic carbocycles. The van der Waals surface area contributed by atoms with E-state index in [-0.39, 0.29) is 17.8 Å². The molecule has 3 rings (SSSR count). The SMILES string of the molecule is CO[C@H](COCP(=O)(O)O)[C@@H](O)[C@@H](O)n1ccc2c(N[C@H](C)c3ccccc3)cc(Cl)nc21. The molecule has 0 amide bonds. The Balaban J connectivity index is 1.82. The standard InChI is InChI=1S/C21H27ClN3O7P/c1-13(14-6-4-3-5-7-14)23-16-10-18(22)24-20-15(16)8-9-25(20)21(27)19(26)17(31-2)11-32-12-33(28,29)30/h3-10,13,17,19,21,26-27H,11-12H2,1-2H3,(H,23,24)(H2,28,29,30)/t13-,17-,19-,21-/m1/s1. The number of halogens is 1. The molecule has 0 fully saturated rings. The van der Waals surface area contributed by atoms with Gasteiger partial charge in [0, 0.05) is 30.4 Å². The van der Waals surface area contributed by atoms with Crippen molar-refractivity contribution in [3.8, 4) is 0 Å². The Hall–Kier alpha value is -2.01. The van der Waals surface area contributed by atoms with Gasteiger partial charge in [0.15, 0.2) is 6.23 Å². The molecular formula is C21H27ClN3O7P. The molecule has 0 aliphatic heterocycles. The Morgan fingerprint density at radius 2 is 1.91 bits per heavy atom. The van der Waals surface area contributed by atoms with Gasteiger partial charge in [0.25, 0.3) is 0 Å². The van der Waals surface area contributed by atoms with Crippen LogP contribution in [0.4, 0.5) is 5.69 Å². The van der Waals surface area contributed by atoms with Gasteiger partial charge in [0.05, 0.1) is 6.61 Å². The van der Waals surface area contributed by atoms with Crippen LogP contribution < -0.4 is 5.32 Å². The molecule has 180 valence electrons. The number of nitrogens with one attached hydrogen (secondary N) is 1. The highest BCUT2D eigenvalue weighted by molar-refractivity contribution is 7.51. The average Bonchev–Trinajstić information content (AvgIpc) is 3.19. The second-order valence-corrected chi connectivity index (χ2v) is 9.55. The molecule has 33 heavy (non-hydrogen) atoms. The number of benzene rings is 1. The maximum atomic E-state index is 11.0. The first-order chi connectivity index (χ1) is 15.6. The van der Waals surface area contributed by atoms with E-state index in [9.17, 15) is 14.8 Å². The fourth-order valence-electron chi connectivity index (χ4n) is 3.44. The van der Waals surface area contributed by atoms with Gasteiger partial charge in [-0.1, -0.05) is 41.9 Å². The van der Waals surface area contributed by atoms with E-state index in [0.29, 0.717) is 16.7 Å². The summed E-state index contributed by atoms with van der Waals surface area (Å²) in [6.07, 6.45) is -3.30. The van der Waals surface area contributed by atoms with Crippen LogP contribution in [0.25, 0.3) is 11.0 Å². The summed E-state index contributed by atoms with van der Waals surface area (Å²) in [6, 6.07) is 13.2. The summed E-state index contributed by atoms with van der Waals surface area (Å²) in [6.45, 7) is 1.67. The molecule has 0 saturated heterocycles. The number of nitrogens with zero attached hydrogens (tertiary/aromatic N) is 2. The molecular weight excluding hydrogens is 473 g/mol. The van der Waals surface area contributed by atoms with E-state index in [4.69, 9.17) is 30.9 Å². The molecule has 2 heterocycles. The third-order valence-corrected chi connectivity index (χ3v) is 5.85. The van der Waals surface area contributed by atoms with Crippen LogP contribution in [0.1, 0.15) is 24.8 Å². The van der Waals surface area contributed by atoms with Crippen LogP contribution in [-0.4, -0.2) is 61.8 Å². The zero-order valence-corrected chi connectivity index (χ0v) is 19.7. The van der Waals surface area contributed by atoms with Gasteiger partial charge in [-0.3, -0.25) is 4.57 Å². The van der Waals surface area contributed by atoms with E-state index in [0.717, 1.165) is 5.56 Å². The third kappa shape index (κ3) is 6.53. The Bertz CT molecular complexity index is 1110. The molecule has 10 nitrogen and oxygen atoms in total. The zero-order chi connectivity index (χ0) is 24.2. The molecule has 2 aromatic heterocycles. The predicted molar refractivity (Wildman–Crippen MR) is 124 cm³/mol. The van der Waals surface area contributed by atoms with Gasteiger partial charge in [-0.15, -0.1) is 0 Å². The van der Waals surface area contributed by atoms with Crippen molar-refractivity contribution in [1.82, 2.24) is 9.55 Å². The summed E-state index contributed by atoms with van der Waals surface area (Å²) in [5, 5.41) is 25.7. The molecule has 0 saturated carbocycles. The lowest BCUT2D eigenvalue weighted by molar-refractivity contribution is -0.121. The normalized spacial score (nSPS) is 15.8. The number of hydrogen-bond donors (Lipinski definition) is 5. The van der Waals surface area contributed by atoms with Crippen molar-refractivity contribution < 1.29 is 34.0 Å². The van der Waals surface area contributed by atoms with Crippen LogP contribution >= 0.6 is 19.2 Å². The lowest BCUT2D eigenvalue weighted by Crippen LogP contribution is -2.39. The molecule has 3 aromatic rings. The fraction of sp³-hybridized carbons (Fsp3) is 0.381. The number of methoxy groups -OCH3 is 1. The highest BCUT2D eigenvalue weighted by Crippen LogP contribution is 2.34. The Morgan fingerprint density at radius 1 is 1.21 bits per heavy atom. The Kier molecular flexibility index (Phi) is 8.49. The highest BCUT2D eigenvalue weighted by Gasteiger charge is 2.30. The van der Waals surface area contributed by atoms with Crippen molar-refractivity contribution in [3.63, 3.8) is 0 Å². The van der Waals surface area contributed by atoms with E-state index >= 15 is 0 Å². The van der Waals surface area contributed by atoms with E-state index in [2.05, 4.69) is 10.3 Å². The van der Waals surface area contributed by atoms with Crippen molar-refractivity contribution >= 4 is 35.9 Å². The van der Waals surface area contributed by atoms with Gasteiger partial charge < -0.3 is 39.4 Å². The van der Waals surface area contributed by atoms with Crippen molar-refractivity contribution in [3.05, 3.63) is 59.4 Å². The third-order valence-electron chi connectivity index (χ3n) is 5.14. The number of aromatic nitrogens is 2. The number of pyridine rings is 1. The Morgan fingerprint density at radius 3 is 2.55 bits per heavy atom. The molecule has 0 spiro atoms. The monoisotopic (exact) mass is 499 g/mol. The average molecular weight is 500 g/mol. The number of anilines is 1. The maximum absolute atomic E-state index is 11.0. The molecule has 5 N–H and O–H groups in total. The van der Waals surface area contributed by atoms with Crippen molar-refractivity contribution in [2.75, 3.05) is 25.4 Å². The van der Waals surface area contributed by atoms with E-state index in [1.807, 2.05) is 37.3 Å². The van der Waals surface area contributed by atoms with Crippen LogP contribution in [-0.2, 0) is 14.0 Å². The van der Waals surface area contributed by atoms with Gasteiger partial charge in [-0.25, -0.2) is 4.98 Å². The smallest absolute Gasteiger partial charge is 0.350 e. The number of aliphatic hydroxyl groups is 2. The van der Waals surface area contributed by atoms with Gasteiger partial charge >= 0.3 is 7.60 Å². The lowest BCUT2D eigenvalue weighted by Gasteiger charge is -2.27. The van der Waals surface area contributed by atoms with Crippen molar-refractivity contribution in [1.29, 1.82) is 0 Å². The Labute approximate surface area is 195 Å². The number of hydrogen-bond acceptors (Lipinski definition) is 7. The minimum absolute atomic E-state index is 0.0317. The van der Waals surface area contributed by atoms with Gasteiger partial charge in [0.2, 0.25) is 0 Å². The molecule has 0 radical (unpaired) electrons. The first kappa shape index (κ1) is 25.6. The quantitative estimate of drug-likeness (QED) is 0.198. The van der Waals surface area contributed by atoms with Crippen molar-refractivity contribution in [2.45, 2.75) is 31.4 Å². The van der Waals surface area contributed by atoms with E-state index in [1.165, 1.54) is 11.7 Å². The molecule has 4 atom stereocenters. The topological polar surface area (TPSA) is 146 Å². The van der Waals surface area contributed by atoms with Gasteiger partial charge in [0.1, 0.15) is 29.4 Å². The van der Waals surface area contributed by atoms with Crippen molar-refractivity contribution in [2.24, 2.45) is 0 Å². The van der Waals surface area contributed by atoms with Gasteiger partial charge in [-0.2, -0.15) is 0 Å². The highest BCUT2D eigenvalue weighted by atomic mass is 35.5. The second-order valence-electron chi connectivity index (χ2n) is 7.57. The fourth-order valence-corrected chi connectivity index (χ4v) is 3.97. The van der Waals surface area contributed by atoms with E-state index in [1.54, 1.807) is 18.3 Å². The summed E-state index contributed by atoms with van der Waals surface area (Å²) >= 11 is 6.24. The minimum atomic E-state index is -4.37. The van der Waals surface area contributed by atoms with Crippen LogP contribution in [0.3, 0.4) is 0 Å². The molecule has 12 heteroatoms. The maximum Gasteiger partial charge on any atom is 0.350 e. The zero-order valence-electron chi connectivity index (χ0n) is 18.1. The number of fused-ring (bicyclic) bond motifs is 1. The minimum Gasteiger partial charge on any atom is -0.386 e. The largest absolute Gasteiger partial charge is 0.386 e. The summed E-state index contributed by atoms with van der Waals surface area (Å²) in [4.78, 5) is 22.1. The second kappa shape index (κ2) is 10.9. The van der Waals surface area contributed by atoms with Crippen LogP contribution in [0, 0.1) is 0 Å². The molecule has 0 aliphatic rings. The lowest BCUT2D eigenvalue weighted by atomic mass is 10.1. The number of ether oxygens (including phenoxy) is 2. The summed E-state index contributed by atoms with van der Waals surface area (Å²) in [5.41, 5.74) is 2.12. The predicted octanol–water partition coefficient (Wildman–Crippen LogP) is 2.88. The van der Waals surface area contributed by atoms with Gasteiger partial charge in [-0.05, 0) is 24.6 Å². The number of aliphatic hydroxyl groups excluding tert-OH is 2. The molecule has 0 bridgehead atoms. The van der Waals surface area contributed by atoms with Crippen LogP contribution in [0.5, 0.6) is 0 Å². The summed E-state index contributed by atoms with van der Waals surface area (Å²) in [5.74, 6) is 0. The van der Waals surface area contributed by atoms with E-state index < -0.39 is 32.4 Å². The first-order valence-electron chi connectivity index (χ1n) is 10.1. The molecule has 0 aliphatic carbocycles. The first-order valence-corrected chi connectivity index (χ1v) is 12.3. The molecule has 0 unspecified atom stereocenters.